The third-order valence-electron chi connectivity index (χ3n) is 4.35. The molecule has 1 aliphatic heterocycles. The number of imide groups is 1. The number of amides is 2. The van der Waals surface area contributed by atoms with Gasteiger partial charge >= 0.3 is 0 Å². The molecule has 3 heteroatoms. The highest BCUT2D eigenvalue weighted by atomic mass is 16.2. The Bertz CT molecular complexity index is 558. The average Bonchev–Trinajstić information content (AvgIpc) is 2.97. The van der Waals surface area contributed by atoms with Crippen molar-refractivity contribution in [2.24, 2.45) is 5.92 Å². The second-order valence-corrected chi connectivity index (χ2v) is 5.63. The molecule has 0 fully saturated rings. The predicted molar refractivity (Wildman–Crippen MR) is 76.9 cm³/mol. The van der Waals surface area contributed by atoms with Crippen LogP contribution in [0.3, 0.4) is 0 Å². The summed E-state index contributed by atoms with van der Waals surface area (Å²) < 4.78 is 0. The first-order chi connectivity index (χ1) is 9.72. The Morgan fingerprint density at radius 2 is 1.85 bits per heavy atom. The summed E-state index contributed by atoms with van der Waals surface area (Å²) in [6.45, 7) is 2.17. The van der Waals surface area contributed by atoms with Gasteiger partial charge in [-0.2, -0.15) is 0 Å². The van der Waals surface area contributed by atoms with E-state index in [4.69, 9.17) is 0 Å². The highest BCUT2D eigenvalue weighted by Gasteiger charge is 2.41. The summed E-state index contributed by atoms with van der Waals surface area (Å²) in [7, 11) is 0. The smallest absolute Gasteiger partial charge is 0.254 e. The molecular weight excluding hydrogens is 250 g/mol. The summed E-state index contributed by atoms with van der Waals surface area (Å²) in [5, 5.41) is 0. The Balaban J connectivity index is 1.95. The van der Waals surface area contributed by atoms with E-state index in [0.29, 0.717) is 5.92 Å². The molecule has 0 radical (unpaired) electrons. The van der Waals surface area contributed by atoms with Crippen LogP contribution in [0.1, 0.15) is 43.4 Å². The number of carbonyl (C=O) groups is 2. The van der Waals surface area contributed by atoms with Gasteiger partial charge in [0, 0.05) is 12.2 Å². The summed E-state index contributed by atoms with van der Waals surface area (Å²) in [4.78, 5) is 25.5. The summed E-state index contributed by atoms with van der Waals surface area (Å²) >= 11 is 0. The highest BCUT2D eigenvalue weighted by Crippen LogP contribution is 2.43. The Morgan fingerprint density at radius 1 is 1.15 bits per heavy atom. The van der Waals surface area contributed by atoms with Gasteiger partial charge in [0.25, 0.3) is 11.8 Å². The molecule has 2 atom stereocenters. The van der Waals surface area contributed by atoms with Gasteiger partial charge in [-0.1, -0.05) is 44.0 Å². The Morgan fingerprint density at radius 3 is 2.55 bits per heavy atom. The fourth-order valence-electron chi connectivity index (χ4n) is 3.42. The number of carbonyl (C=O) groups excluding carboxylic acids is 2. The zero-order chi connectivity index (χ0) is 14.1. The van der Waals surface area contributed by atoms with E-state index in [2.05, 4.69) is 19.1 Å². The van der Waals surface area contributed by atoms with E-state index < -0.39 is 0 Å². The van der Waals surface area contributed by atoms with Crippen LogP contribution in [-0.4, -0.2) is 16.7 Å². The van der Waals surface area contributed by atoms with Gasteiger partial charge < -0.3 is 0 Å². The molecule has 1 aliphatic carbocycles. The minimum absolute atomic E-state index is 0.0762. The van der Waals surface area contributed by atoms with Crippen molar-refractivity contribution in [2.45, 2.75) is 38.6 Å². The molecule has 3 rings (SSSR count). The molecule has 1 aromatic rings. The van der Waals surface area contributed by atoms with E-state index in [1.165, 1.54) is 22.6 Å². The molecule has 0 bridgehead atoms. The van der Waals surface area contributed by atoms with Crippen molar-refractivity contribution in [3.05, 3.63) is 47.5 Å². The minimum atomic E-state index is -0.168. The van der Waals surface area contributed by atoms with Crippen molar-refractivity contribution in [1.82, 2.24) is 4.90 Å². The number of hydrogen-bond donors (Lipinski definition) is 0. The maximum atomic E-state index is 12.0. The van der Waals surface area contributed by atoms with Crippen LogP contribution in [0.25, 0.3) is 0 Å². The van der Waals surface area contributed by atoms with Crippen molar-refractivity contribution < 1.29 is 9.59 Å². The fourth-order valence-corrected chi connectivity index (χ4v) is 3.42. The lowest BCUT2D eigenvalue weighted by molar-refractivity contribution is -0.140. The molecule has 2 amide bonds. The molecule has 104 valence electrons. The molecule has 20 heavy (non-hydrogen) atoms. The summed E-state index contributed by atoms with van der Waals surface area (Å²) in [6, 6.07) is 8.13. The van der Waals surface area contributed by atoms with Crippen LogP contribution in [0.15, 0.2) is 36.4 Å². The molecule has 0 aromatic heterocycles. The summed E-state index contributed by atoms with van der Waals surface area (Å²) in [5.41, 5.74) is 2.44. The number of hydrogen-bond acceptors (Lipinski definition) is 2. The van der Waals surface area contributed by atoms with Gasteiger partial charge in [0.15, 0.2) is 0 Å². The maximum Gasteiger partial charge on any atom is 0.254 e. The third kappa shape index (κ3) is 2.07. The lowest BCUT2D eigenvalue weighted by atomic mass is 9.93. The second kappa shape index (κ2) is 5.23. The fraction of sp³-hybridized carbons (Fsp3) is 0.412. The van der Waals surface area contributed by atoms with Gasteiger partial charge in [0.1, 0.15) is 0 Å². The molecule has 0 saturated heterocycles. The maximum absolute atomic E-state index is 12.0. The number of fused-ring (bicyclic) bond motifs is 1. The monoisotopic (exact) mass is 269 g/mol. The SMILES string of the molecule is CCCC[C@H]1Cc2ccccc2[C@H]1N1C(=O)C=CC1=O. The predicted octanol–water partition coefficient (Wildman–Crippen LogP) is 3.02. The number of nitrogens with zero attached hydrogens (tertiary/aromatic N) is 1. The number of rotatable bonds is 4. The summed E-state index contributed by atoms with van der Waals surface area (Å²) in [5.74, 6) is 0.0246. The van der Waals surface area contributed by atoms with Gasteiger partial charge in [0.2, 0.25) is 0 Å². The Kier molecular flexibility index (Phi) is 3.43. The molecule has 2 aliphatic rings. The molecule has 0 spiro atoms. The standard InChI is InChI=1S/C17H19NO2/c1-2-3-6-13-11-12-7-4-5-8-14(12)17(13)18-15(19)9-10-16(18)20/h4-5,7-10,13,17H,2-3,6,11H2,1H3/t13-,17-/m0/s1. The third-order valence-corrected chi connectivity index (χ3v) is 4.35. The normalized spacial score (nSPS) is 24.6. The first-order valence-electron chi connectivity index (χ1n) is 7.35. The van der Waals surface area contributed by atoms with E-state index in [9.17, 15) is 9.59 Å². The summed E-state index contributed by atoms with van der Waals surface area (Å²) in [6.07, 6.45) is 7.09. The quantitative estimate of drug-likeness (QED) is 0.788. The molecule has 1 heterocycles. The lowest BCUT2D eigenvalue weighted by Gasteiger charge is -2.28. The van der Waals surface area contributed by atoms with Gasteiger partial charge in [-0.15, -0.1) is 0 Å². The van der Waals surface area contributed by atoms with Crippen LogP contribution in [0, 0.1) is 5.92 Å². The average molecular weight is 269 g/mol. The van der Waals surface area contributed by atoms with E-state index >= 15 is 0 Å². The first-order valence-corrected chi connectivity index (χ1v) is 7.35. The van der Waals surface area contributed by atoms with E-state index in [1.807, 2.05) is 12.1 Å². The van der Waals surface area contributed by atoms with Crippen molar-refractivity contribution in [3.8, 4) is 0 Å². The van der Waals surface area contributed by atoms with Crippen molar-refractivity contribution >= 4 is 11.8 Å². The minimum Gasteiger partial charge on any atom is -0.269 e. The van der Waals surface area contributed by atoms with Gasteiger partial charge in [-0.3, -0.25) is 14.5 Å². The van der Waals surface area contributed by atoms with Crippen LogP contribution < -0.4 is 0 Å². The highest BCUT2D eigenvalue weighted by molar-refractivity contribution is 6.13. The van der Waals surface area contributed by atoms with Crippen molar-refractivity contribution in [2.75, 3.05) is 0 Å². The molecule has 0 saturated carbocycles. The van der Waals surface area contributed by atoms with Crippen molar-refractivity contribution in [3.63, 3.8) is 0 Å². The van der Waals surface area contributed by atoms with Crippen LogP contribution >= 0.6 is 0 Å². The van der Waals surface area contributed by atoms with Crippen molar-refractivity contribution in [1.29, 1.82) is 0 Å². The molecule has 0 unspecified atom stereocenters. The number of benzene rings is 1. The van der Waals surface area contributed by atoms with Crippen LogP contribution in [0.2, 0.25) is 0 Å². The molecule has 1 aromatic carbocycles. The van der Waals surface area contributed by atoms with E-state index in [0.717, 1.165) is 31.2 Å². The van der Waals surface area contributed by atoms with E-state index in [1.54, 1.807) is 0 Å². The van der Waals surface area contributed by atoms with Crippen LogP contribution in [0.5, 0.6) is 0 Å². The van der Waals surface area contributed by atoms with Gasteiger partial charge in [-0.25, -0.2) is 0 Å². The molecule has 0 N–H and O–H groups in total. The Hall–Kier alpha value is -1.90. The molecule has 3 nitrogen and oxygen atoms in total. The lowest BCUT2D eigenvalue weighted by Crippen LogP contribution is -2.36. The molecular formula is C17H19NO2. The topological polar surface area (TPSA) is 37.4 Å². The number of unbranched alkanes of at least 4 members (excludes halogenated alkanes) is 1. The first kappa shape index (κ1) is 13.1. The van der Waals surface area contributed by atoms with Crippen LogP contribution in [-0.2, 0) is 16.0 Å². The zero-order valence-corrected chi connectivity index (χ0v) is 11.7. The largest absolute Gasteiger partial charge is 0.269 e. The second-order valence-electron chi connectivity index (χ2n) is 5.63. The van der Waals surface area contributed by atoms with Gasteiger partial charge in [0.05, 0.1) is 6.04 Å². The zero-order valence-electron chi connectivity index (χ0n) is 11.7. The van der Waals surface area contributed by atoms with E-state index in [-0.39, 0.29) is 17.9 Å². The Labute approximate surface area is 119 Å². The van der Waals surface area contributed by atoms with Crippen LogP contribution in [0.4, 0.5) is 0 Å². The van der Waals surface area contributed by atoms with Gasteiger partial charge in [-0.05, 0) is 29.9 Å².